The van der Waals surface area contributed by atoms with Crippen LogP contribution in [0.2, 0.25) is 0 Å². The Morgan fingerprint density at radius 3 is 2.71 bits per heavy atom. The molecule has 0 unspecified atom stereocenters. The van der Waals surface area contributed by atoms with E-state index < -0.39 is 0 Å². The molecule has 3 aromatic rings. The summed E-state index contributed by atoms with van der Waals surface area (Å²) in [7, 11) is 1.68. The Morgan fingerprint density at radius 1 is 1.12 bits per heavy atom. The minimum atomic E-state index is 0.108. The molecule has 2 aromatic carbocycles. The molecule has 1 N–H and O–H groups in total. The maximum atomic E-state index is 9.18. The highest BCUT2D eigenvalue weighted by Gasteiger charge is 2.06. The Kier molecular flexibility index (Phi) is 2.50. The Morgan fingerprint density at radius 2 is 1.94 bits per heavy atom. The molecule has 0 aliphatic carbocycles. The van der Waals surface area contributed by atoms with Crippen LogP contribution in [0.4, 0.5) is 0 Å². The van der Waals surface area contributed by atoms with E-state index in [2.05, 4.69) is 18.2 Å². The molecule has 17 heavy (non-hydrogen) atoms. The van der Waals surface area contributed by atoms with Gasteiger partial charge in [-0.3, -0.25) is 0 Å². The number of hydrogen-bond acceptors (Lipinski definition) is 3. The average molecular weight is 244 g/mol. The lowest BCUT2D eigenvalue weighted by Gasteiger charge is -2.03. The molecule has 0 saturated carbocycles. The van der Waals surface area contributed by atoms with Gasteiger partial charge in [-0.05, 0) is 40.4 Å². The molecule has 0 spiro atoms. The molecule has 0 bridgehead atoms. The van der Waals surface area contributed by atoms with Crippen molar-refractivity contribution in [3.8, 4) is 5.75 Å². The van der Waals surface area contributed by atoms with Crippen molar-refractivity contribution in [1.82, 2.24) is 0 Å². The average Bonchev–Trinajstić information content (AvgIpc) is 2.81. The smallest absolute Gasteiger partial charge is 0.119 e. The predicted octanol–water partition coefficient (Wildman–Crippen LogP) is 3.56. The molecule has 86 valence electrons. The van der Waals surface area contributed by atoms with E-state index >= 15 is 0 Å². The lowest BCUT2D eigenvalue weighted by molar-refractivity contribution is 0.285. The molecule has 0 aliphatic rings. The van der Waals surface area contributed by atoms with E-state index in [0.29, 0.717) is 0 Å². The summed E-state index contributed by atoms with van der Waals surface area (Å²) < 4.78 is 6.45. The molecule has 0 aliphatic heterocycles. The summed E-state index contributed by atoms with van der Waals surface area (Å²) in [4.78, 5) is 1.00. The quantitative estimate of drug-likeness (QED) is 0.747. The zero-order chi connectivity index (χ0) is 11.8. The van der Waals surface area contributed by atoms with Gasteiger partial charge in [0.15, 0.2) is 0 Å². The molecular weight excluding hydrogens is 232 g/mol. The number of aliphatic hydroxyl groups excluding tert-OH is 1. The van der Waals surface area contributed by atoms with Crippen LogP contribution in [0.3, 0.4) is 0 Å². The van der Waals surface area contributed by atoms with E-state index in [1.165, 1.54) is 20.9 Å². The van der Waals surface area contributed by atoms with Gasteiger partial charge in [0.1, 0.15) is 5.75 Å². The second-order valence-electron chi connectivity index (χ2n) is 3.94. The molecule has 0 atom stereocenters. The van der Waals surface area contributed by atoms with Crippen molar-refractivity contribution in [2.45, 2.75) is 6.61 Å². The van der Waals surface area contributed by atoms with Crippen LogP contribution >= 0.6 is 11.3 Å². The second-order valence-corrected chi connectivity index (χ2v) is 5.08. The van der Waals surface area contributed by atoms with Crippen LogP contribution in [-0.4, -0.2) is 12.2 Å². The van der Waals surface area contributed by atoms with Crippen LogP contribution in [0.5, 0.6) is 5.75 Å². The molecule has 3 rings (SSSR count). The number of ether oxygens (including phenoxy) is 1. The fraction of sp³-hybridized carbons (Fsp3) is 0.143. The zero-order valence-electron chi connectivity index (χ0n) is 9.43. The maximum Gasteiger partial charge on any atom is 0.119 e. The Bertz CT molecular complexity index is 685. The van der Waals surface area contributed by atoms with Crippen LogP contribution in [0.25, 0.3) is 20.9 Å². The SMILES string of the molecule is COc1ccc2c(ccc3cc(CO)sc32)c1. The molecule has 0 amide bonds. The summed E-state index contributed by atoms with van der Waals surface area (Å²) in [5, 5.41) is 12.8. The first-order valence-corrected chi connectivity index (χ1v) is 6.23. The summed E-state index contributed by atoms with van der Waals surface area (Å²) in [6.07, 6.45) is 0. The van der Waals surface area contributed by atoms with Crippen molar-refractivity contribution in [2.75, 3.05) is 7.11 Å². The number of rotatable bonds is 2. The van der Waals surface area contributed by atoms with E-state index in [9.17, 15) is 5.11 Å². The standard InChI is InChI=1S/C14H12O2S/c1-16-11-4-5-13-9(6-11)2-3-10-7-12(8-15)17-14(10)13/h2-7,15H,8H2,1H3. The van der Waals surface area contributed by atoms with Gasteiger partial charge < -0.3 is 9.84 Å². The number of thiophene rings is 1. The van der Waals surface area contributed by atoms with Crippen molar-refractivity contribution in [2.24, 2.45) is 0 Å². The maximum absolute atomic E-state index is 9.18. The summed E-state index contributed by atoms with van der Waals surface area (Å²) in [5.41, 5.74) is 0. The number of benzene rings is 2. The van der Waals surface area contributed by atoms with Crippen LogP contribution < -0.4 is 4.74 Å². The molecular formula is C14H12O2S. The summed E-state index contributed by atoms with van der Waals surface area (Å²) in [6, 6.07) is 12.3. The zero-order valence-corrected chi connectivity index (χ0v) is 10.3. The van der Waals surface area contributed by atoms with Gasteiger partial charge in [0.05, 0.1) is 13.7 Å². The number of methoxy groups -OCH3 is 1. The Balaban J connectivity index is 2.35. The minimum Gasteiger partial charge on any atom is -0.497 e. The van der Waals surface area contributed by atoms with Crippen molar-refractivity contribution in [3.05, 3.63) is 41.3 Å². The monoisotopic (exact) mass is 244 g/mol. The lowest BCUT2D eigenvalue weighted by Crippen LogP contribution is -1.81. The number of hydrogen-bond donors (Lipinski definition) is 1. The van der Waals surface area contributed by atoms with Gasteiger partial charge in [0.2, 0.25) is 0 Å². The van der Waals surface area contributed by atoms with E-state index in [4.69, 9.17) is 4.74 Å². The molecule has 0 fully saturated rings. The van der Waals surface area contributed by atoms with Crippen LogP contribution in [0, 0.1) is 0 Å². The highest BCUT2D eigenvalue weighted by Crippen LogP contribution is 2.34. The van der Waals surface area contributed by atoms with Gasteiger partial charge in [-0.15, -0.1) is 11.3 Å². The third-order valence-electron chi connectivity index (χ3n) is 2.91. The van der Waals surface area contributed by atoms with Gasteiger partial charge in [-0.1, -0.05) is 12.1 Å². The van der Waals surface area contributed by atoms with Crippen LogP contribution in [-0.2, 0) is 6.61 Å². The van der Waals surface area contributed by atoms with Gasteiger partial charge in [-0.25, -0.2) is 0 Å². The van der Waals surface area contributed by atoms with E-state index in [1.54, 1.807) is 18.4 Å². The van der Waals surface area contributed by atoms with E-state index in [1.807, 2.05) is 18.2 Å². The molecule has 0 radical (unpaired) electrons. The normalized spacial score (nSPS) is 11.2. The molecule has 1 heterocycles. The van der Waals surface area contributed by atoms with E-state index in [0.717, 1.165) is 10.6 Å². The topological polar surface area (TPSA) is 29.5 Å². The van der Waals surface area contributed by atoms with E-state index in [-0.39, 0.29) is 6.61 Å². The largest absolute Gasteiger partial charge is 0.497 e. The summed E-state index contributed by atoms with van der Waals surface area (Å²) in [5.74, 6) is 0.871. The summed E-state index contributed by atoms with van der Waals surface area (Å²) >= 11 is 1.65. The van der Waals surface area contributed by atoms with Crippen molar-refractivity contribution >= 4 is 32.2 Å². The van der Waals surface area contributed by atoms with Crippen molar-refractivity contribution in [3.63, 3.8) is 0 Å². The van der Waals surface area contributed by atoms with Crippen molar-refractivity contribution in [1.29, 1.82) is 0 Å². The molecule has 2 nitrogen and oxygen atoms in total. The minimum absolute atomic E-state index is 0.108. The fourth-order valence-electron chi connectivity index (χ4n) is 2.06. The molecule has 3 heteroatoms. The first-order chi connectivity index (χ1) is 8.31. The fourth-order valence-corrected chi connectivity index (χ4v) is 3.12. The molecule has 0 saturated heterocycles. The Hall–Kier alpha value is -1.58. The van der Waals surface area contributed by atoms with Crippen LogP contribution in [0.1, 0.15) is 4.88 Å². The number of aliphatic hydroxyl groups is 1. The second kappa shape index (κ2) is 4.02. The van der Waals surface area contributed by atoms with Gasteiger partial charge in [0.25, 0.3) is 0 Å². The summed E-state index contributed by atoms with van der Waals surface area (Å²) in [6.45, 7) is 0.108. The number of fused-ring (bicyclic) bond motifs is 3. The lowest BCUT2D eigenvalue weighted by atomic mass is 10.1. The Labute approximate surface area is 103 Å². The van der Waals surface area contributed by atoms with Gasteiger partial charge in [-0.2, -0.15) is 0 Å². The van der Waals surface area contributed by atoms with Crippen LogP contribution in [0.15, 0.2) is 36.4 Å². The van der Waals surface area contributed by atoms with Gasteiger partial charge >= 0.3 is 0 Å². The van der Waals surface area contributed by atoms with Gasteiger partial charge in [0, 0.05) is 9.58 Å². The predicted molar refractivity (Wildman–Crippen MR) is 71.8 cm³/mol. The first-order valence-electron chi connectivity index (χ1n) is 5.42. The molecule has 1 aromatic heterocycles. The van der Waals surface area contributed by atoms with Crippen molar-refractivity contribution < 1.29 is 9.84 Å². The third kappa shape index (κ3) is 1.68. The highest BCUT2D eigenvalue weighted by atomic mass is 32.1. The first kappa shape index (κ1) is 10.6. The third-order valence-corrected chi connectivity index (χ3v) is 4.08. The highest BCUT2D eigenvalue weighted by molar-refractivity contribution is 7.20.